The van der Waals surface area contributed by atoms with Gasteiger partial charge in [0.25, 0.3) is 11.1 Å². The second-order valence-electron chi connectivity index (χ2n) is 10.7. The molecule has 0 saturated heterocycles. The van der Waals surface area contributed by atoms with Crippen LogP contribution in [0, 0.1) is 10.8 Å². The second-order valence-corrected chi connectivity index (χ2v) is 14.1. The van der Waals surface area contributed by atoms with Gasteiger partial charge in [0.2, 0.25) is 0 Å². The van der Waals surface area contributed by atoms with E-state index >= 15 is 0 Å². The van der Waals surface area contributed by atoms with Gasteiger partial charge in [-0.15, -0.1) is 0 Å². The summed E-state index contributed by atoms with van der Waals surface area (Å²) in [7, 11) is -1.84. The molecule has 0 fully saturated rings. The number of aromatic amines is 2. The zero-order valence-corrected chi connectivity index (χ0v) is 23.2. The molecular formula is C25H42N2O6S2. The maximum absolute atomic E-state index is 12.5. The van der Waals surface area contributed by atoms with Gasteiger partial charge >= 0.3 is 0 Å². The van der Waals surface area contributed by atoms with Crippen molar-refractivity contribution in [1.82, 2.24) is 10.3 Å². The van der Waals surface area contributed by atoms with Crippen LogP contribution >= 0.6 is 0 Å². The molecule has 0 radical (unpaired) electrons. The summed E-state index contributed by atoms with van der Waals surface area (Å²) in [5.41, 5.74) is 0.876. The van der Waals surface area contributed by atoms with Gasteiger partial charge in [0.05, 0.1) is 11.1 Å². The number of nitrogens with one attached hydrogen (secondary N) is 2. The van der Waals surface area contributed by atoms with E-state index in [1.54, 1.807) is 0 Å². The van der Waals surface area contributed by atoms with Gasteiger partial charge in [0.1, 0.15) is 12.5 Å². The van der Waals surface area contributed by atoms with Crippen molar-refractivity contribution in [3.8, 4) is 0 Å². The van der Waals surface area contributed by atoms with E-state index in [1.807, 2.05) is 0 Å². The molecule has 0 bridgehead atoms. The maximum Gasteiger partial charge on any atom is 0.283 e. The minimum Gasteiger partial charge on any atom is -0.387 e. The predicted octanol–water partition coefficient (Wildman–Crippen LogP) is 4.31. The average Bonchev–Trinajstić information content (AvgIpc) is 3.35. The molecule has 2 heterocycles. The first-order valence-electron chi connectivity index (χ1n) is 12.5. The molecule has 3 atom stereocenters. The molecule has 0 aromatic carbocycles. The second kappa shape index (κ2) is 14.2. The van der Waals surface area contributed by atoms with Gasteiger partial charge in [-0.3, -0.25) is 18.0 Å². The summed E-state index contributed by atoms with van der Waals surface area (Å²) >= 11 is 0. The van der Waals surface area contributed by atoms with Crippen molar-refractivity contribution in [3.05, 3.63) is 44.4 Å². The lowest BCUT2D eigenvalue weighted by molar-refractivity contribution is 0.263. The molecule has 2 N–H and O–H groups in total. The molecule has 2 aromatic rings. The van der Waals surface area contributed by atoms with Crippen molar-refractivity contribution in [2.45, 2.75) is 85.5 Å². The van der Waals surface area contributed by atoms with Gasteiger partial charge in [-0.25, -0.2) is 0 Å². The van der Waals surface area contributed by atoms with Gasteiger partial charge in [-0.1, -0.05) is 34.1 Å². The molecule has 2 rings (SSSR count). The molecule has 0 saturated carbocycles. The van der Waals surface area contributed by atoms with Crippen molar-refractivity contribution in [2.24, 2.45) is 10.8 Å². The number of hydrogen-bond acceptors (Lipinski definition) is 6. The predicted molar refractivity (Wildman–Crippen MR) is 142 cm³/mol. The SMILES string of the molecule is CCCC(C)(CCCS(=O)CCCS(=O)CCCC(C)(C)Cc1co[nH]c1=O)Cc1co[nH]c1=O. The highest BCUT2D eigenvalue weighted by Gasteiger charge is 2.26. The summed E-state index contributed by atoms with van der Waals surface area (Å²) in [6, 6.07) is 0. The van der Waals surface area contributed by atoms with Crippen LogP contribution in [0.1, 0.15) is 83.8 Å². The van der Waals surface area contributed by atoms with Gasteiger partial charge in [-0.2, -0.15) is 10.3 Å². The van der Waals surface area contributed by atoms with Crippen LogP contribution < -0.4 is 11.1 Å². The maximum atomic E-state index is 12.5. The smallest absolute Gasteiger partial charge is 0.283 e. The van der Waals surface area contributed by atoms with Crippen LogP contribution in [0.25, 0.3) is 0 Å². The van der Waals surface area contributed by atoms with E-state index < -0.39 is 21.6 Å². The Balaban J connectivity index is 1.62. The van der Waals surface area contributed by atoms with Crippen molar-refractivity contribution in [3.63, 3.8) is 0 Å². The Hall–Kier alpha value is -1.68. The standard InChI is InChI=1S/C25H42N2O6S2/c1-5-9-25(4,17-21-19-33-27-23(21)29)11-7-13-35(31)15-8-14-34(30)12-6-10-24(2,3)16-20-18-32-26-22(20)28/h18-19H,5-17H2,1-4H3,(H,26,28)(H,27,29). The van der Waals surface area contributed by atoms with Crippen LogP contribution in [-0.4, -0.2) is 41.7 Å². The topological polar surface area (TPSA) is 126 Å². The van der Waals surface area contributed by atoms with Gasteiger partial charge in [0, 0.05) is 44.6 Å². The summed E-state index contributed by atoms with van der Waals surface area (Å²) in [6.07, 6.45) is 10.4. The Morgan fingerprint density at radius 3 is 1.71 bits per heavy atom. The van der Waals surface area contributed by atoms with E-state index in [4.69, 9.17) is 9.05 Å². The van der Waals surface area contributed by atoms with Gasteiger partial charge < -0.3 is 9.05 Å². The van der Waals surface area contributed by atoms with Crippen molar-refractivity contribution < 1.29 is 17.5 Å². The monoisotopic (exact) mass is 530 g/mol. The molecule has 0 amide bonds. The quantitative estimate of drug-likeness (QED) is 0.296. The molecule has 200 valence electrons. The summed E-state index contributed by atoms with van der Waals surface area (Å²) in [6.45, 7) is 8.52. The molecule has 0 aliphatic heterocycles. The fraction of sp³-hybridized carbons (Fsp3) is 0.760. The van der Waals surface area contributed by atoms with E-state index in [1.165, 1.54) is 12.5 Å². The van der Waals surface area contributed by atoms with E-state index in [0.717, 1.165) is 38.5 Å². The van der Waals surface area contributed by atoms with Crippen LogP contribution in [-0.2, 0) is 34.4 Å². The Labute approximate surface area is 212 Å². The third-order valence-corrected chi connectivity index (χ3v) is 9.53. The van der Waals surface area contributed by atoms with E-state index in [9.17, 15) is 18.0 Å². The molecule has 35 heavy (non-hydrogen) atoms. The Morgan fingerprint density at radius 2 is 1.23 bits per heavy atom. The number of hydrogen-bond donors (Lipinski definition) is 2. The average molecular weight is 531 g/mol. The number of aromatic nitrogens is 2. The first kappa shape index (κ1) is 29.5. The molecule has 0 spiro atoms. The number of rotatable bonds is 18. The highest BCUT2D eigenvalue weighted by molar-refractivity contribution is 7.85. The van der Waals surface area contributed by atoms with Gasteiger partial charge in [0.15, 0.2) is 0 Å². The largest absolute Gasteiger partial charge is 0.387 e. The Morgan fingerprint density at radius 1 is 0.743 bits per heavy atom. The highest BCUT2D eigenvalue weighted by atomic mass is 32.2. The zero-order chi connectivity index (χ0) is 25.9. The first-order chi connectivity index (χ1) is 16.5. The van der Waals surface area contributed by atoms with Crippen molar-refractivity contribution >= 4 is 21.6 Å². The van der Waals surface area contributed by atoms with Crippen molar-refractivity contribution in [1.29, 1.82) is 0 Å². The van der Waals surface area contributed by atoms with Crippen LogP contribution in [0.3, 0.4) is 0 Å². The lowest BCUT2D eigenvalue weighted by Gasteiger charge is -2.28. The lowest BCUT2D eigenvalue weighted by atomic mass is 9.77. The summed E-state index contributed by atoms with van der Waals surface area (Å²) in [5, 5.41) is 4.66. The third kappa shape index (κ3) is 10.9. The first-order valence-corrected chi connectivity index (χ1v) is 15.5. The third-order valence-electron chi connectivity index (χ3n) is 6.55. The van der Waals surface area contributed by atoms with Crippen LogP contribution in [0.5, 0.6) is 0 Å². The fourth-order valence-corrected chi connectivity index (χ4v) is 7.17. The zero-order valence-electron chi connectivity index (χ0n) is 21.6. The molecule has 2 aromatic heterocycles. The minimum absolute atomic E-state index is 0.0176. The molecule has 0 aliphatic carbocycles. The normalized spacial score (nSPS) is 15.7. The Kier molecular flexibility index (Phi) is 12.0. The fourth-order valence-electron chi connectivity index (χ4n) is 4.72. The van der Waals surface area contributed by atoms with Crippen LogP contribution in [0.2, 0.25) is 0 Å². The van der Waals surface area contributed by atoms with Crippen LogP contribution in [0.4, 0.5) is 0 Å². The molecular weight excluding hydrogens is 488 g/mol. The van der Waals surface area contributed by atoms with Gasteiger partial charge in [-0.05, 0) is 62.2 Å². The van der Waals surface area contributed by atoms with Crippen molar-refractivity contribution in [2.75, 3.05) is 23.0 Å². The summed E-state index contributed by atoms with van der Waals surface area (Å²) in [5.74, 6) is 2.41. The number of H-pyrrole nitrogens is 2. The highest BCUT2D eigenvalue weighted by Crippen LogP contribution is 2.33. The summed E-state index contributed by atoms with van der Waals surface area (Å²) in [4.78, 5) is 23.4. The summed E-state index contributed by atoms with van der Waals surface area (Å²) < 4.78 is 34.6. The Bertz CT molecular complexity index is 1050. The molecule has 0 aliphatic rings. The molecule has 10 heteroatoms. The minimum atomic E-state index is -0.921. The van der Waals surface area contributed by atoms with E-state index in [0.29, 0.717) is 53.4 Å². The van der Waals surface area contributed by atoms with E-state index in [2.05, 4.69) is 38.0 Å². The molecule has 3 unspecified atom stereocenters. The lowest BCUT2D eigenvalue weighted by Crippen LogP contribution is -2.23. The molecule has 8 nitrogen and oxygen atoms in total. The van der Waals surface area contributed by atoms with E-state index in [-0.39, 0.29) is 21.9 Å². The van der Waals surface area contributed by atoms with Crippen LogP contribution in [0.15, 0.2) is 31.2 Å².